The molecule has 0 atom stereocenters. The van der Waals surface area contributed by atoms with Crippen molar-refractivity contribution in [1.29, 1.82) is 0 Å². The summed E-state index contributed by atoms with van der Waals surface area (Å²) in [7, 11) is 0. The minimum absolute atomic E-state index is 0.0750. The molecule has 0 saturated carbocycles. The zero-order valence-corrected chi connectivity index (χ0v) is 7.10. The van der Waals surface area contributed by atoms with Crippen LogP contribution < -0.4 is 5.43 Å². The van der Waals surface area contributed by atoms with Gasteiger partial charge in [0.2, 0.25) is 0 Å². The lowest BCUT2D eigenvalue weighted by Crippen LogP contribution is -1.90. The summed E-state index contributed by atoms with van der Waals surface area (Å²) in [6.07, 6.45) is 1.60. The topological polar surface area (TPSA) is 67.5 Å². The second-order valence-electron chi connectivity index (χ2n) is 2.30. The van der Waals surface area contributed by atoms with Crippen molar-refractivity contribution < 1.29 is 4.92 Å². The maximum Gasteiger partial charge on any atom is 0.269 e. The fourth-order valence-electron chi connectivity index (χ4n) is 0.797. The third-order valence-corrected chi connectivity index (χ3v) is 1.40. The van der Waals surface area contributed by atoms with Crippen LogP contribution in [0.2, 0.25) is 0 Å². The molecule has 0 heterocycles. The summed E-state index contributed by atoms with van der Waals surface area (Å²) in [4.78, 5) is 9.84. The summed E-state index contributed by atoms with van der Waals surface area (Å²) in [5, 5.41) is 14.1. The van der Waals surface area contributed by atoms with Gasteiger partial charge in [0.1, 0.15) is 0 Å². The number of nitrogens with zero attached hydrogens (tertiary/aromatic N) is 2. The minimum Gasteiger partial charge on any atom is -0.279 e. The molecule has 68 valence electrons. The van der Waals surface area contributed by atoms with Crippen molar-refractivity contribution in [1.82, 2.24) is 0 Å². The maximum atomic E-state index is 10.3. The number of anilines is 1. The SMILES string of the molecule is C/C=N/Nc1ccc([N+](=O)[O-])cc1. The number of hydrogen-bond acceptors (Lipinski definition) is 4. The van der Waals surface area contributed by atoms with E-state index in [2.05, 4.69) is 10.5 Å². The van der Waals surface area contributed by atoms with Gasteiger partial charge in [0, 0.05) is 18.3 Å². The second-order valence-corrected chi connectivity index (χ2v) is 2.30. The van der Waals surface area contributed by atoms with E-state index in [1.54, 1.807) is 25.3 Å². The molecular formula is C8H9N3O2. The average molecular weight is 179 g/mol. The molecule has 1 aromatic carbocycles. The summed E-state index contributed by atoms with van der Waals surface area (Å²) < 4.78 is 0. The highest BCUT2D eigenvalue weighted by Crippen LogP contribution is 2.14. The lowest BCUT2D eigenvalue weighted by molar-refractivity contribution is -0.384. The van der Waals surface area contributed by atoms with Gasteiger partial charge in [-0.25, -0.2) is 0 Å². The van der Waals surface area contributed by atoms with E-state index in [0.717, 1.165) is 5.69 Å². The molecule has 0 aliphatic heterocycles. The summed E-state index contributed by atoms with van der Waals surface area (Å²) >= 11 is 0. The van der Waals surface area contributed by atoms with Gasteiger partial charge in [-0.05, 0) is 19.1 Å². The summed E-state index contributed by atoms with van der Waals surface area (Å²) in [6, 6.07) is 6.05. The summed E-state index contributed by atoms with van der Waals surface area (Å²) in [6.45, 7) is 1.78. The van der Waals surface area contributed by atoms with Crippen LogP contribution in [-0.4, -0.2) is 11.1 Å². The summed E-state index contributed by atoms with van der Waals surface area (Å²) in [5.41, 5.74) is 3.51. The quantitative estimate of drug-likeness (QED) is 0.438. The van der Waals surface area contributed by atoms with Gasteiger partial charge >= 0.3 is 0 Å². The van der Waals surface area contributed by atoms with Gasteiger partial charge < -0.3 is 0 Å². The lowest BCUT2D eigenvalue weighted by Gasteiger charge is -1.97. The van der Waals surface area contributed by atoms with Crippen LogP contribution in [-0.2, 0) is 0 Å². The van der Waals surface area contributed by atoms with E-state index in [1.165, 1.54) is 12.1 Å². The lowest BCUT2D eigenvalue weighted by atomic mass is 10.3. The Labute approximate surface area is 75.2 Å². The number of nitrogens with one attached hydrogen (secondary N) is 1. The van der Waals surface area contributed by atoms with E-state index >= 15 is 0 Å². The van der Waals surface area contributed by atoms with E-state index in [9.17, 15) is 10.1 Å². The molecule has 0 saturated heterocycles. The molecule has 0 radical (unpaired) electrons. The average Bonchev–Trinajstić information content (AvgIpc) is 2.15. The van der Waals surface area contributed by atoms with Gasteiger partial charge in [0.25, 0.3) is 5.69 Å². The highest BCUT2D eigenvalue weighted by molar-refractivity contribution is 5.56. The molecule has 5 heteroatoms. The van der Waals surface area contributed by atoms with Crippen LogP contribution in [0.5, 0.6) is 0 Å². The number of rotatable bonds is 3. The Morgan fingerprint density at radius 2 is 2.08 bits per heavy atom. The van der Waals surface area contributed by atoms with Crippen LogP contribution in [0.4, 0.5) is 11.4 Å². The first-order valence-corrected chi connectivity index (χ1v) is 3.72. The molecule has 0 aromatic heterocycles. The Morgan fingerprint density at radius 3 is 2.54 bits per heavy atom. The van der Waals surface area contributed by atoms with E-state index in [1.807, 2.05) is 0 Å². The van der Waals surface area contributed by atoms with Crippen molar-refractivity contribution in [2.45, 2.75) is 6.92 Å². The van der Waals surface area contributed by atoms with E-state index < -0.39 is 4.92 Å². The zero-order valence-electron chi connectivity index (χ0n) is 7.10. The van der Waals surface area contributed by atoms with Crippen LogP contribution in [0, 0.1) is 10.1 Å². The molecule has 0 unspecified atom stereocenters. The highest BCUT2D eigenvalue weighted by Gasteiger charge is 2.02. The van der Waals surface area contributed by atoms with Gasteiger partial charge in [0.15, 0.2) is 0 Å². The van der Waals surface area contributed by atoms with Crippen molar-refractivity contribution in [3.8, 4) is 0 Å². The Bertz CT molecular complexity index is 319. The molecule has 0 bridgehead atoms. The predicted molar refractivity (Wildman–Crippen MR) is 50.9 cm³/mol. The molecule has 13 heavy (non-hydrogen) atoms. The van der Waals surface area contributed by atoms with E-state index in [-0.39, 0.29) is 5.69 Å². The molecule has 1 rings (SSSR count). The number of benzene rings is 1. The molecule has 1 N–H and O–H groups in total. The third kappa shape index (κ3) is 2.55. The number of hydrogen-bond donors (Lipinski definition) is 1. The van der Waals surface area contributed by atoms with Gasteiger partial charge in [-0.15, -0.1) is 0 Å². The number of nitro benzene ring substituents is 1. The second kappa shape index (κ2) is 4.20. The molecule has 0 aliphatic carbocycles. The van der Waals surface area contributed by atoms with Gasteiger partial charge in [-0.3, -0.25) is 15.5 Å². The summed E-state index contributed by atoms with van der Waals surface area (Å²) in [5.74, 6) is 0. The standard InChI is InChI=1S/C8H9N3O2/c1-2-9-10-7-3-5-8(6-4-7)11(12)13/h2-6,10H,1H3/b9-2+. The molecule has 1 aromatic rings. The van der Waals surface area contributed by atoms with Crippen LogP contribution in [0.3, 0.4) is 0 Å². The third-order valence-electron chi connectivity index (χ3n) is 1.40. The van der Waals surface area contributed by atoms with Crippen LogP contribution >= 0.6 is 0 Å². The van der Waals surface area contributed by atoms with Gasteiger partial charge in [0.05, 0.1) is 10.6 Å². The first-order valence-electron chi connectivity index (χ1n) is 3.72. The maximum absolute atomic E-state index is 10.3. The van der Waals surface area contributed by atoms with Crippen LogP contribution in [0.25, 0.3) is 0 Å². The fraction of sp³-hybridized carbons (Fsp3) is 0.125. The van der Waals surface area contributed by atoms with Gasteiger partial charge in [-0.1, -0.05) is 0 Å². The molecule has 5 nitrogen and oxygen atoms in total. The fourth-order valence-corrected chi connectivity index (χ4v) is 0.797. The first kappa shape index (κ1) is 9.18. The molecule has 0 amide bonds. The van der Waals surface area contributed by atoms with E-state index in [4.69, 9.17) is 0 Å². The van der Waals surface area contributed by atoms with Crippen molar-refractivity contribution in [2.75, 3.05) is 5.43 Å². The first-order chi connectivity index (χ1) is 6.24. The van der Waals surface area contributed by atoms with Crippen molar-refractivity contribution >= 4 is 17.6 Å². The van der Waals surface area contributed by atoms with Crippen molar-refractivity contribution in [2.24, 2.45) is 5.10 Å². The Balaban J connectivity index is 2.75. The molecule has 0 spiro atoms. The Hall–Kier alpha value is -1.91. The largest absolute Gasteiger partial charge is 0.279 e. The number of non-ortho nitro benzene ring substituents is 1. The predicted octanol–water partition coefficient (Wildman–Crippen LogP) is 2.01. The van der Waals surface area contributed by atoms with Crippen LogP contribution in [0.1, 0.15) is 6.92 Å². The minimum atomic E-state index is -0.438. The Kier molecular flexibility index (Phi) is 2.97. The van der Waals surface area contributed by atoms with Crippen LogP contribution in [0.15, 0.2) is 29.4 Å². The van der Waals surface area contributed by atoms with E-state index in [0.29, 0.717) is 0 Å². The van der Waals surface area contributed by atoms with Crippen molar-refractivity contribution in [3.63, 3.8) is 0 Å². The zero-order chi connectivity index (χ0) is 9.68. The smallest absolute Gasteiger partial charge is 0.269 e. The number of hydrazone groups is 1. The Morgan fingerprint density at radius 1 is 1.46 bits per heavy atom. The highest BCUT2D eigenvalue weighted by atomic mass is 16.6. The molecule has 0 aliphatic rings. The van der Waals surface area contributed by atoms with Gasteiger partial charge in [-0.2, -0.15) is 5.10 Å². The molecular weight excluding hydrogens is 170 g/mol. The molecule has 0 fully saturated rings. The normalized spacial score (nSPS) is 10.2. The number of nitro groups is 1. The van der Waals surface area contributed by atoms with Crippen molar-refractivity contribution in [3.05, 3.63) is 34.4 Å². The monoisotopic (exact) mass is 179 g/mol.